The highest BCUT2D eigenvalue weighted by atomic mass is 35.5. The van der Waals surface area contributed by atoms with Crippen molar-refractivity contribution in [2.45, 2.75) is 171 Å². The lowest BCUT2D eigenvalue weighted by Crippen LogP contribution is -2.26. The van der Waals surface area contributed by atoms with Gasteiger partial charge in [0.05, 0.1) is 5.38 Å². The third-order valence-electron chi connectivity index (χ3n) is 6.38. The van der Waals surface area contributed by atoms with Gasteiger partial charge in [-0.2, -0.15) is 0 Å². The smallest absolute Gasteiger partial charge is 0.120 e. The molecule has 0 aromatic rings. The highest BCUT2D eigenvalue weighted by Crippen LogP contribution is 2.37. The highest BCUT2D eigenvalue weighted by Gasteiger charge is 2.32. The van der Waals surface area contributed by atoms with Crippen molar-refractivity contribution < 1.29 is 0 Å². The molecule has 0 bridgehead atoms. The summed E-state index contributed by atoms with van der Waals surface area (Å²) in [6.45, 7) is 4.55. The minimum absolute atomic E-state index is 0.113. The van der Waals surface area contributed by atoms with Gasteiger partial charge in [0.25, 0.3) is 0 Å². The predicted octanol–water partition coefficient (Wildman–Crippen LogP) is 11.8. The minimum atomic E-state index is -0.750. The van der Waals surface area contributed by atoms with Gasteiger partial charge in [-0.25, -0.2) is 0 Å². The Bertz CT molecular complexity index is 330. The summed E-state index contributed by atoms with van der Waals surface area (Å²) in [5.41, 5.74) is 0. The van der Waals surface area contributed by atoms with Gasteiger partial charge in [-0.05, 0) is 12.8 Å². The second kappa shape index (κ2) is 23.0. The lowest BCUT2D eigenvalue weighted by Gasteiger charge is -2.25. The lowest BCUT2D eigenvalue weighted by molar-refractivity contribution is 0.507. The first kappa shape index (κ1) is 30.9. The fraction of sp³-hybridized carbons (Fsp3) is 1.00. The maximum Gasteiger partial charge on any atom is 0.134 e. The van der Waals surface area contributed by atoms with Gasteiger partial charge >= 0.3 is 0 Å². The molecule has 1 atom stereocenters. The molecule has 0 fully saturated rings. The average Bonchev–Trinajstić information content (AvgIpc) is 2.73. The Kier molecular flexibility index (Phi) is 23.7. The Balaban J connectivity index is 3.48. The first-order valence-corrected chi connectivity index (χ1v) is 14.8. The first-order chi connectivity index (χ1) is 14.5. The number of unbranched alkanes of at least 4 members (excludes halogenated alkanes) is 19. The van der Waals surface area contributed by atoms with Crippen LogP contribution >= 0.6 is 34.8 Å². The molecule has 0 nitrogen and oxygen atoms in total. The van der Waals surface area contributed by atoms with Gasteiger partial charge in [-0.3, -0.25) is 0 Å². The standard InChI is InChI=1S/C27H53Cl3/c1-3-5-7-9-11-13-15-17-19-21-23-25-27(29,30)26(28)24-22-20-18-16-14-12-10-8-6-4-2/h26H,3-25H2,1-2H3. The van der Waals surface area contributed by atoms with E-state index in [0.717, 1.165) is 25.7 Å². The fourth-order valence-corrected chi connectivity index (χ4v) is 4.95. The van der Waals surface area contributed by atoms with Gasteiger partial charge in [0.1, 0.15) is 4.33 Å². The van der Waals surface area contributed by atoms with Gasteiger partial charge in [-0.15, -0.1) is 34.8 Å². The Morgan fingerprint density at radius 1 is 0.467 bits per heavy atom. The Labute approximate surface area is 205 Å². The number of hydrogen-bond acceptors (Lipinski definition) is 0. The molecule has 1 unspecified atom stereocenters. The van der Waals surface area contributed by atoms with Gasteiger partial charge in [0, 0.05) is 0 Å². The molecule has 0 saturated heterocycles. The summed E-state index contributed by atoms with van der Waals surface area (Å²) in [6, 6.07) is 0. The average molecular weight is 484 g/mol. The number of rotatable bonds is 24. The second-order valence-corrected chi connectivity index (χ2v) is 11.6. The van der Waals surface area contributed by atoms with Crippen LogP contribution in [0.1, 0.15) is 162 Å². The SMILES string of the molecule is CCCCCCCCCCCCCC(Cl)(Cl)C(Cl)CCCCCCCCCCCC. The first-order valence-electron chi connectivity index (χ1n) is 13.6. The molecule has 0 aliphatic heterocycles. The van der Waals surface area contributed by atoms with E-state index in [4.69, 9.17) is 34.8 Å². The quantitative estimate of drug-likeness (QED) is 0.0945. The van der Waals surface area contributed by atoms with E-state index in [0.29, 0.717) is 0 Å². The van der Waals surface area contributed by atoms with E-state index in [1.165, 1.54) is 122 Å². The summed E-state index contributed by atoms with van der Waals surface area (Å²) < 4.78 is -0.750. The Morgan fingerprint density at radius 3 is 1.13 bits per heavy atom. The molecule has 0 saturated carbocycles. The topological polar surface area (TPSA) is 0 Å². The summed E-state index contributed by atoms with van der Waals surface area (Å²) >= 11 is 19.7. The number of halogens is 3. The lowest BCUT2D eigenvalue weighted by atomic mass is 10.0. The summed E-state index contributed by atoms with van der Waals surface area (Å²) in [5, 5.41) is -0.113. The fourth-order valence-electron chi connectivity index (χ4n) is 4.20. The van der Waals surface area contributed by atoms with Crippen LogP contribution in [0.15, 0.2) is 0 Å². The van der Waals surface area contributed by atoms with Crippen LogP contribution in [0.5, 0.6) is 0 Å². The van der Waals surface area contributed by atoms with E-state index in [2.05, 4.69) is 13.8 Å². The van der Waals surface area contributed by atoms with Crippen molar-refractivity contribution in [2.24, 2.45) is 0 Å². The zero-order chi connectivity index (χ0) is 22.3. The third kappa shape index (κ3) is 20.8. The molecule has 0 spiro atoms. The molecule has 0 aliphatic rings. The predicted molar refractivity (Wildman–Crippen MR) is 142 cm³/mol. The van der Waals surface area contributed by atoms with Crippen LogP contribution in [-0.4, -0.2) is 9.71 Å². The summed E-state index contributed by atoms with van der Waals surface area (Å²) in [5.74, 6) is 0. The molecular weight excluding hydrogens is 431 g/mol. The van der Waals surface area contributed by atoms with Crippen molar-refractivity contribution in [1.82, 2.24) is 0 Å². The van der Waals surface area contributed by atoms with Crippen molar-refractivity contribution in [3.05, 3.63) is 0 Å². The van der Waals surface area contributed by atoms with Crippen LogP contribution in [0.4, 0.5) is 0 Å². The van der Waals surface area contributed by atoms with Crippen molar-refractivity contribution >= 4 is 34.8 Å². The van der Waals surface area contributed by atoms with Crippen LogP contribution in [-0.2, 0) is 0 Å². The highest BCUT2D eigenvalue weighted by molar-refractivity contribution is 6.52. The summed E-state index contributed by atoms with van der Waals surface area (Å²) in [7, 11) is 0. The minimum Gasteiger partial charge on any atom is -0.120 e. The second-order valence-electron chi connectivity index (χ2n) is 9.48. The normalized spacial score (nSPS) is 13.1. The monoisotopic (exact) mass is 482 g/mol. The zero-order valence-corrected chi connectivity index (χ0v) is 22.7. The van der Waals surface area contributed by atoms with E-state index in [1.807, 2.05) is 0 Å². The number of alkyl halides is 3. The third-order valence-corrected chi connectivity index (χ3v) is 8.10. The van der Waals surface area contributed by atoms with E-state index >= 15 is 0 Å². The molecule has 0 N–H and O–H groups in total. The van der Waals surface area contributed by atoms with Crippen LogP contribution < -0.4 is 0 Å². The molecule has 182 valence electrons. The van der Waals surface area contributed by atoms with Gasteiger partial charge in [0.15, 0.2) is 0 Å². The summed E-state index contributed by atoms with van der Waals surface area (Å²) in [4.78, 5) is 0. The molecule has 3 heteroatoms. The van der Waals surface area contributed by atoms with E-state index in [9.17, 15) is 0 Å². The molecule has 0 amide bonds. The van der Waals surface area contributed by atoms with Crippen LogP contribution in [0, 0.1) is 0 Å². The largest absolute Gasteiger partial charge is 0.134 e. The molecule has 0 rings (SSSR count). The molecular formula is C27H53Cl3. The number of hydrogen-bond donors (Lipinski definition) is 0. The Morgan fingerprint density at radius 2 is 0.767 bits per heavy atom. The summed E-state index contributed by atoms with van der Waals surface area (Å²) in [6.07, 6.45) is 30.0. The van der Waals surface area contributed by atoms with Crippen molar-refractivity contribution in [2.75, 3.05) is 0 Å². The molecule has 0 aromatic carbocycles. The Hall–Kier alpha value is 0.870. The van der Waals surface area contributed by atoms with Crippen molar-refractivity contribution in [1.29, 1.82) is 0 Å². The van der Waals surface area contributed by atoms with Gasteiger partial charge < -0.3 is 0 Å². The maximum atomic E-state index is 6.57. The van der Waals surface area contributed by atoms with E-state index < -0.39 is 4.33 Å². The molecule has 0 heterocycles. The molecule has 0 aliphatic carbocycles. The molecule has 0 radical (unpaired) electrons. The zero-order valence-electron chi connectivity index (χ0n) is 20.5. The van der Waals surface area contributed by atoms with Gasteiger partial charge in [0.2, 0.25) is 0 Å². The van der Waals surface area contributed by atoms with Crippen molar-refractivity contribution in [3.63, 3.8) is 0 Å². The maximum absolute atomic E-state index is 6.57. The van der Waals surface area contributed by atoms with Crippen LogP contribution in [0.3, 0.4) is 0 Å². The van der Waals surface area contributed by atoms with E-state index in [1.54, 1.807) is 0 Å². The van der Waals surface area contributed by atoms with E-state index in [-0.39, 0.29) is 5.38 Å². The van der Waals surface area contributed by atoms with Crippen LogP contribution in [0.2, 0.25) is 0 Å². The molecule has 30 heavy (non-hydrogen) atoms. The van der Waals surface area contributed by atoms with Crippen LogP contribution in [0.25, 0.3) is 0 Å². The molecule has 0 aromatic heterocycles. The van der Waals surface area contributed by atoms with Gasteiger partial charge in [-0.1, -0.05) is 149 Å². The van der Waals surface area contributed by atoms with Crippen molar-refractivity contribution in [3.8, 4) is 0 Å².